The molecule has 0 aliphatic carbocycles. The van der Waals surface area contributed by atoms with Crippen molar-refractivity contribution in [2.24, 2.45) is 0 Å². The van der Waals surface area contributed by atoms with E-state index in [4.69, 9.17) is 4.74 Å². The van der Waals surface area contributed by atoms with Gasteiger partial charge in [-0.25, -0.2) is 4.98 Å². The van der Waals surface area contributed by atoms with Crippen LogP contribution in [0.4, 0.5) is 0 Å². The maximum absolute atomic E-state index is 5.79. The highest BCUT2D eigenvalue weighted by molar-refractivity contribution is 9.10. The van der Waals surface area contributed by atoms with E-state index >= 15 is 0 Å². The lowest BCUT2D eigenvalue weighted by atomic mass is 10.2. The number of aryl methyl sites for hydroxylation is 1. The first-order valence-electron chi connectivity index (χ1n) is 6.49. The van der Waals surface area contributed by atoms with E-state index in [2.05, 4.69) is 39.1 Å². The monoisotopic (exact) mass is 330 g/mol. The molecule has 0 spiro atoms. The van der Waals surface area contributed by atoms with E-state index in [-0.39, 0.29) is 0 Å². The highest BCUT2D eigenvalue weighted by Gasteiger charge is 2.09. The Balaban J connectivity index is 1.76. The van der Waals surface area contributed by atoms with Gasteiger partial charge in [-0.2, -0.15) is 0 Å². The maximum atomic E-state index is 5.79. The summed E-state index contributed by atoms with van der Waals surface area (Å²) in [6, 6.07) is 14.3. The molecule has 1 aromatic carbocycles. The fourth-order valence-electron chi connectivity index (χ4n) is 2.17. The van der Waals surface area contributed by atoms with Crippen LogP contribution in [0.15, 0.2) is 53.3 Å². The number of halogens is 1. The normalized spacial score (nSPS) is 11.1. The Morgan fingerprint density at radius 1 is 1.10 bits per heavy atom. The van der Waals surface area contributed by atoms with Gasteiger partial charge in [-0.1, -0.05) is 36.4 Å². The molecule has 0 fully saturated rings. The Morgan fingerprint density at radius 3 is 2.70 bits per heavy atom. The number of aromatic nitrogens is 2. The van der Waals surface area contributed by atoms with Gasteiger partial charge in [0.1, 0.15) is 10.3 Å². The summed E-state index contributed by atoms with van der Waals surface area (Å²) in [5.41, 5.74) is 4.21. The maximum Gasteiger partial charge on any atom is 0.143 e. The summed E-state index contributed by atoms with van der Waals surface area (Å²) in [4.78, 5) is 4.57. The number of fused-ring (bicyclic) bond motifs is 1. The quantitative estimate of drug-likeness (QED) is 0.719. The molecule has 20 heavy (non-hydrogen) atoms. The summed E-state index contributed by atoms with van der Waals surface area (Å²) in [6.45, 7) is 3.16. The van der Waals surface area contributed by atoms with Crippen LogP contribution in [0.25, 0.3) is 5.65 Å². The molecule has 0 saturated carbocycles. The van der Waals surface area contributed by atoms with Crippen molar-refractivity contribution in [3.8, 4) is 0 Å². The van der Waals surface area contributed by atoms with Crippen LogP contribution in [0.3, 0.4) is 0 Å². The number of imidazole rings is 1. The summed E-state index contributed by atoms with van der Waals surface area (Å²) in [6.07, 6.45) is 2.00. The SMILES string of the molecule is Cc1nc2c(COCc3ccccc3)cccn2c1Br. The van der Waals surface area contributed by atoms with Crippen LogP contribution in [0.5, 0.6) is 0 Å². The van der Waals surface area contributed by atoms with Crippen molar-refractivity contribution in [1.29, 1.82) is 0 Å². The van der Waals surface area contributed by atoms with Crippen molar-refractivity contribution in [2.45, 2.75) is 20.1 Å². The Hall–Kier alpha value is -1.65. The number of pyridine rings is 1. The van der Waals surface area contributed by atoms with Gasteiger partial charge in [0.15, 0.2) is 0 Å². The lowest BCUT2D eigenvalue weighted by molar-refractivity contribution is 0.107. The summed E-state index contributed by atoms with van der Waals surface area (Å²) in [5.74, 6) is 0. The molecule has 0 saturated heterocycles. The standard InChI is InChI=1S/C16H15BrN2O/c1-12-15(17)19-9-5-8-14(16(19)18-12)11-20-10-13-6-3-2-4-7-13/h2-9H,10-11H2,1H3. The van der Waals surface area contributed by atoms with Crippen molar-refractivity contribution in [1.82, 2.24) is 9.38 Å². The molecule has 0 aliphatic heterocycles. The summed E-state index contributed by atoms with van der Waals surface area (Å²) in [5, 5.41) is 0. The third kappa shape index (κ3) is 2.62. The second-order valence-electron chi connectivity index (χ2n) is 4.69. The molecule has 0 amide bonds. The zero-order valence-electron chi connectivity index (χ0n) is 11.2. The number of benzene rings is 1. The number of hydrogen-bond donors (Lipinski definition) is 0. The molecule has 3 rings (SSSR count). The third-order valence-electron chi connectivity index (χ3n) is 3.20. The predicted molar refractivity (Wildman–Crippen MR) is 82.6 cm³/mol. The second kappa shape index (κ2) is 5.77. The molecule has 0 atom stereocenters. The molecular weight excluding hydrogens is 316 g/mol. The molecule has 0 bridgehead atoms. The molecule has 3 nitrogen and oxygen atoms in total. The highest BCUT2D eigenvalue weighted by atomic mass is 79.9. The van der Waals surface area contributed by atoms with Gasteiger partial charge in [0.05, 0.1) is 18.9 Å². The molecule has 0 unspecified atom stereocenters. The summed E-state index contributed by atoms with van der Waals surface area (Å²) >= 11 is 3.55. The number of rotatable bonds is 4. The minimum absolute atomic E-state index is 0.558. The van der Waals surface area contributed by atoms with Gasteiger partial charge in [-0.3, -0.25) is 4.40 Å². The number of ether oxygens (including phenoxy) is 1. The molecule has 0 N–H and O–H groups in total. The minimum atomic E-state index is 0.558. The van der Waals surface area contributed by atoms with Crippen LogP contribution in [0, 0.1) is 6.92 Å². The van der Waals surface area contributed by atoms with Crippen LogP contribution in [0.2, 0.25) is 0 Å². The molecule has 2 aromatic heterocycles. The lowest BCUT2D eigenvalue weighted by Crippen LogP contribution is -1.97. The van der Waals surface area contributed by atoms with E-state index in [1.807, 2.05) is 41.8 Å². The number of nitrogens with zero attached hydrogens (tertiary/aromatic N) is 2. The molecule has 2 heterocycles. The largest absolute Gasteiger partial charge is 0.372 e. The fraction of sp³-hybridized carbons (Fsp3) is 0.188. The first-order valence-corrected chi connectivity index (χ1v) is 7.29. The molecule has 0 radical (unpaired) electrons. The fourth-order valence-corrected chi connectivity index (χ4v) is 2.55. The van der Waals surface area contributed by atoms with Crippen molar-refractivity contribution in [2.75, 3.05) is 0 Å². The van der Waals surface area contributed by atoms with Crippen molar-refractivity contribution >= 4 is 21.6 Å². The van der Waals surface area contributed by atoms with Crippen LogP contribution in [0.1, 0.15) is 16.8 Å². The Morgan fingerprint density at radius 2 is 1.90 bits per heavy atom. The zero-order valence-corrected chi connectivity index (χ0v) is 12.8. The average molecular weight is 331 g/mol. The Labute approximate surface area is 126 Å². The van der Waals surface area contributed by atoms with E-state index in [9.17, 15) is 0 Å². The smallest absolute Gasteiger partial charge is 0.143 e. The van der Waals surface area contributed by atoms with Crippen molar-refractivity contribution < 1.29 is 4.74 Å². The molecule has 4 heteroatoms. The van der Waals surface area contributed by atoms with E-state index in [1.165, 1.54) is 5.56 Å². The van der Waals surface area contributed by atoms with Crippen molar-refractivity contribution in [3.63, 3.8) is 0 Å². The topological polar surface area (TPSA) is 26.5 Å². The third-order valence-corrected chi connectivity index (χ3v) is 4.16. The first kappa shape index (κ1) is 13.3. The highest BCUT2D eigenvalue weighted by Crippen LogP contribution is 2.21. The zero-order chi connectivity index (χ0) is 13.9. The summed E-state index contributed by atoms with van der Waals surface area (Å²) in [7, 11) is 0. The Kier molecular flexibility index (Phi) is 3.85. The van der Waals surface area contributed by atoms with E-state index < -0.39 is 0 Å². The van der Waals surface area contributed by atoms with Gasteiger partial charge in [0, 0.05) is 11.8 Å². The van der Waals surface area contributed by atoms with Gasteiger partial charge < -0.3 is 4.74 Å². The average Bonchev–Trinajstić information content (AvgIpc) is 2.77. The Bertz CT molecular complexity index is 722. The van der Waals surface area contributed by atoms with Crippen LogP contribution < -0.4 is 0 Å². The van der Waals surface area contributed by atoms with Gasteiger partial charge in [0.25, 0.3) is 0 Å². The van der Waals surface area contributed by atoms with Gasteiger partial charge in [-0.05, 0) is 34.5 Å². The van der Waals surface area contributed by atoms with Crippen LogP contribution in [-0.2, 0) is 18.0 Å². The second-order valence-corrected chi connectivity index (χ2v) is 5.44. The van der Waals surface area contributed by atoms with Crippen molar-refractivity contribution in [3.05, 3.63) is 70.1 Å². The van der Waals surface area contributed by atoms with Gasteiger partial charge in [-0.15, -0.1) is 0 Å². The molecule has 102 valence electrons. The summed E-state index contributed by atoms with van der Waals surface area (Å²) < 4.78 is 8.83. The van der Waals surface area contributed by atoms with E-state index in [0.29, 0.717) is 13.2 Å². The van der Waals surface area contributed by atoms with Gasteiger partial charge in [0.2, 0.25) is 0 Å². The first-order chi connectivity index (χ1) is 9.75. The molecule has 0 aliphatic rings. The number of hydrogen-bond acceptors (Lipinski definition) is 2. The van der Waals surface area contributed by atoms with Gasteiger partial charge >= 0.3 is 0 Å². The van der Waals surface area contributed by atoms with Crippen LogP contribution >= 0.6 is 15.9 Å². The van der Waals surface area contributed by atoms with Crippen LogP contribution in [-0.4, -0.2) is 9.38 Å². The predicted octanol–water partition coefficient (Wildman–Crippen LogP) is 4.12. The lowest BCUT2D eigenvalue weighted by Gasteiger charge is -2.06. The minimum Gasteiger partial charge on any atom is -0.372 e. The van der Waals surface area contributed by atoms with E-state index in [0.717, 1.165) is 21.5 Å². The molecular formula is C16H15BrN2O. The van der Waals surface area contributed by atoms with E-state index in [1.54, 1.807) is 0 Å². The molecule has 3 aromatic rings.